The van der Waals surface area contributed by atoms with Crippen molar-refractivity contribution in [3.8, 4) is 0 Å². The second-order valence-electron chi connectivity index (χ2n) is 6.61. The molecule has 0 amide bonds. The molecule has 3 heteroatoms. The Morgan fingerprint density at radius 1 is 1.17 bits per heavy atom. The molecule has 1 N–H and O–H groups in total. The quantitative estimate of drug-likeness (QED) is 0.233. The summed E-state index contributed by atoms with van der Waals surface area (Å²) in [6.45, 7) is 1.99. The number of unbranched alkanes of at least 4 members (excludes halogenated alkanes) is 5. The lowest BCUT2D eigenvalue weighted by atomic mass is 9.86. The number of carbonyl (C=O) groups excluding carboxylic acids is 2. The van der Waals surface area contributed by atoms with Crippen molar-refractivity contribution >= 4 is 12.1 Å². The summed E-state index contributed by atoms with van der Waals surface area (Å²) in [5.41, 5.74) is 0.366. The number of aldehydes is 1. The van der Waals surface area contributed by atoms with Gasteiger partial charge in [-0.2, -0.15) is 0 Å². The summed E-state index contributed by atoms with van der Waals surface area (Å²) < 4.78 is 0. The van der Waals surface area contributed by atoms with Crippen molar-refractivity contribution in [2.45, 2.75) is 64.7 Å². The molecule has 1 aliphatic rings. The monoisotopic (exact) mass is 332 g/mol. The molecule has 0 saturated heterocycles. The van der Waals surface area contributed by atoms with E-state index in [0.29, 0.717) is 17.8 Å². The molecule has 0 aromatic carbocycles. The largest absolute Gasteiger partial charge is 0.392 e. The van der Waals surface area contributed by atoms with Gasteiger partial charge >= 0.3 is 0 Å². The number of aliphatic hydroxyl groups is 1. The predicted molar refractivity (Wildman–Crippen MR) is 98.7 cm³/mol. The Kier molecular flexibility index (Phi) is 11.0. The molecule has 0 saturated carbocycles. The van der Waals surface area contributed by atoms with Gasteiger partial charge in [-0.05, 0) is 31.3 Å². The zero-order valence-corrected chi connectivity index (χ0v) is 15.0. The third kappa shape index (κ3) is 7.87. The molecule has 3 nitrogen and oxygen atoms in total. The Balaban J connectivity index is 2.29. The third-order valence-corrected chi connectivity index (χ3v) is 4.71. The van der Waals surface area contributed by atoms with E-state index in [1.807, 2.05) is 6.08 Å². The van der Waals surface area contributed by atoms with Gasteiger partial charge in [0.2, 0.25) is 0 Å². The van der Waals surface area contributed by atoms with Crippen LogP contribution in [0.1, 0.15) is 64.7 Å². The summed E-state index contributed by atoms with van der Waals surface area (Å²) in [5, 5.41) is 8.89. The number of rotatable bonds is 13. The first-order chi connectivity index (χ1) is 11.7. The van der Waals surface area contributed by atoms with E-state index in [0.717, 1.165) is 19.3 Å². The first kappa shape index (κ1) is 20.6. The summed E-state index contributed by atoms with van der Waals surface area (Å²) in [6, 6.07) is 0. The van der Waals surface area contributed by atoms with E-state index in [9.17, 15) is 9.59 Å². The summed E-state index contributed by atoms with van der Waals surface area (Å²) in [4.78, 5) is 22.6. The van der Waals surface area contributed by atoms with Crippen molar-refractivity contribution in [2.24, 2.45) is 11.8 Å². The van der Waals surface area contributed by atoms with Crippen molar-refractivity contribution in [3.05, 3.63) is 36.0 Å². The minimum atomic E-state index is -0.237. The summed E-state index contributed by atoms with van der Waals surface area (Å²) >= 11 is 0. The molecule has 2 atom stereocenters. The van der Waals surface area contributed by atoms with Crippen LogP contribution >= 0.6 is 0 Å². The molecule has 0 aromatic heterocycles. The molecule has 24 heavy (non-hydrogen) atoms. The highest BCUT2D eigenvalue weighted by Crippen LogP contribution is 2.31. The van der Waals surface area contributed by atoms with Crippen LogP contribution in [0.4, 0.5) is 0 Å². The van der Waals surface area contributed by atoms with Gasteiger partial charge in [0.15, 0.2) is 5.78 Å². The fraction of sp³-hybridized carbons (Fsp3) is 0.619. The van der Waals surface area contributed by atoms with Crippen LogP contribution < -0.4 is 0 Å². The fourth-order valence-corrected chi connectivity index (χ4v) is 3.19. The number of hydrogen-bond acceptors (Lipinski definition) is 3. The lowest BCUT2D eigenvalue weighted by Crippen LogP contribution is -2.15. The van der Waals surface area contributed by atoms with Crippen LogP contribution in [0.25, 0.3) is 0 Å². The van der Waals surface area contributed by atoms with Crippen molar-refractivity contribution in [1.29, 1.82) is 0 Å². The molecule has 134 valence electrons. The molecule has 1 aliphatic carbocycles. The zero-order valence-electron chi connectivity index (χ0n) is 15.0. The molecule has 1 rings (SSSR count). The molecule has 0 heterocycles. The van der Waals surface area contributed by atoms with Gasteiger partial charge in [0, 0.05) is 11.5 Å². The first-order valence-corrected chi connectivity index (χ1v) is 9.36. The number of aliphatic hydroxyl groups excluding tert-OH is 1. The Bertz CT molecular complexity index is 460. The number of ketones is 1. The van der Waals surface area contributed by atoms with Gasteiger partial charge in [-0.25, -0.2) is 0 Å². The van der Waals surface area contributed by atoms with Crippen molar-refractivity contribution in [2.75, 3.05) is 6.61 Å². The topological polar surface area (TPSA) is 54.4 Å². The lowest BCUT2D eigenvalue weighted by molar-refractivity contribution is -0.118. The van der Waals surface area contributed by atoms with Gasteiger partial charge < -0.3 is 5.11 Å². The standard InChI is InChI=1S/C21H32O3/c1-2-3-4-5-6-9-12-19-14-15-21(24)20(19)13-10-7-8-11-18(16-22)17-23/h7-8,11,14-16,19-20,23H,2-6,9-10,12-13,17H2,1H3/t19-,20+/m0/s1. The van der Waals surface area contributed by atoms with Crippen LogP contribution in [0.2, 0.25) is 0 Å². The van der Waals surface area contributed by atoms with Crippen molar-refractivity contribution in [3.63, 3.8) is 0 Å². The van der Waals surface area contributed by atoms with Crippen LogP contribution in [0.5, 0.6) is 0 Å². The maximum Gasteiger partial charge on any atom is 0.159 e. The molecule has 0 aromatic rings. The zero-order chi connectivity index (χ0) is 17.6. The van der Waals surface area contributed by atoms with Crippen molar-refractivity contribution < 1.29 is 14.7 Å². The van der Waals surface area contributed by atoms with Gasteiger partial charge in [0.25, 0.3) is 0 Å². The van der Waals surface area contributed by atoms with Gasteiger partial charge in [0.1, 0.15) is 6.29 Å². The summed E-state index contributed by atoms with van der Waals surface area (Å²) in [7, 11) is 0. The maximum absolute atomic E-state index is 12.0. The van der Waals surface area contributed by atoms with E-state index in [1.54, 1.807) is 18.2 Å². The van der Waals surface area contributed by atoms with Gasteiger partial charge in [0.05, 0.1) is 6.61 Å². The normalized spacial score (nSPS) is 21.1. The van der Waals surface area contributed by atoms with E-state index in [-0.39, 0.29) is 18.3 Å². The summed E-state index contributed by atoms with van der Waals surface area (Å²) in [5.74, 6) is 0.784. The lowest BCUT2D eigenvalue weighted by Gasteiger charge is -2.17. The SMILES string of the molecule is CCCCCCCC[C@H]1C=CC(=O)[C@@H]1CCC=CC=C(C=O)CO. The molecular weight excluding hydrogens is 300 g/mol. The molecule has 0 aliphatic heterocycles. The van der Waals surface area contributed by atoms with E-state index >= 15 is 0 Å². The average molecular weight is 332 g/mol. The molecule has 0 radical (unpaired) electrons. The highest BCUT2D eigenvalue weighted by Gasteiger charge is 2.28. The maximum atomic E-state index is 12.0. The Labute approximate surface area is 146 Å². The first-order valence-electron chi connectivity index (χ1n) is 9.36. The predicted octanol–water partition coefficient (Wildman–Crippen LogP) is 4.56. The van der Waals surface area contributed by atoms with E-state index in [4.69, 9.17) is 5.11 Å². The average Bonchev–Trinajstić information content (AvgIpc) is 2.94. The Morgan fingerprint density at radius 2 is 1.92 bits per heavy atom. The van der Waals surface area contributed by atoms with Crippen LogP contribution in [-0.4, -0.2) is 23.8 Å². The number of hydrogen-bond donors (Lipinski definition) is 1. The van der Waals surface area contributed by atoms with Crippen LogP contribution in [0.15, 0.2) is 36.0 Å². The van der Waals surface area contributed by atoms with E-state index < -0.39 is 0 Å². The highest BCUT2D eigenvalue weighted by molar-refractivity contribution is 5.94. The molecule has 0 spiro atoms. The Morgan fingerprint density at radius 3 is 2.62 bits per heavy atom. The number of allylic oxidation sites excluding steroid dienone is 5. The second-order valence-corrected chi connectivity index (χ2v) is 6.61. The van der Waals surface area contributed by atoms with E-state index in [2.05, 4.69) is 13.0 Å². The number of carbonyl (C=O) groups is 2. The molecule has 0 unspecified atom stereocenters. The fourth-order valence-electron chi connectivity index (χ4n) is 3.19. The van der Waals surface area contributed by atoms with E-state index in [1.165, 1.54) is 38.5 Å². The molecule has 0 bridgehead atoms. The summed E-state index contributed by atoms with van der Waals surface area (Å²) in [6.07, 6.45) is 20.4. The minimum Gasteiger partial charge on any atom is -0.392 e. The minimum absolute atomic E-state index is 0.123. The van der Waals surface area contributed by atoms with Gasteiger partial charge in [-0.3, -0.25) is 9.59 Å². The molecular formula is C21H32O3. The van der Waals surface area contributed by atoms with Gasteiger partial charge in [-0.1, -0.05) is 69.8 Å². The van der Waals surface area contributed by atoms with Crippen molar-refractivity contribution in [1.82, 2.24) is 0 Å². The Hall–Kier alpha value is -1.48. The smallest absolute Gasteiger partial charge is 0.159 e. The second kappa shape index (κ2) is 12.9. The molecule has 0 fully saturated rings. The highest BCUT2D eigenvalue weighted by atomic mass is 16.3. The van der Waals surface area contributed by atoms with Crippen LogP contribution in [0, 0.1) is 11.8 Å². The third-order valence-electron chi connectivity index (χ3n) is 4.71. The van der Waals surface area contributed by atoms with Crippen LogP contribution in [-0.2, 0) is 9.59 Å². The van der Waals surface area contributed by atoms with Crippen LogP contribution in [0.3, 0.4) is 0 Å². The van der Waals surface area contributed by atoms with Gasteiger partial charge in [-0.15, -0.1) is 0 Å².